The molecule has 0 saturated heterocycles. The number of rotatable bonds is 4. The Morgan fingerprint density at radius 2 is 2.11 bits per heavy atom. The molecule has 0 saturated carbocycles. The van der Waals surface area contributed by atoms with E-state index in [2.05, 4.69) is 38.2 Å². The predicted molar refractivity (Wildman–Crippen MR) is 74.8 cm³/mol. The van der Waals surface area contributed by atoms with Crippen molar-refractivity contribution >= 4 is 10.9 Å². The Labute approximate surface area is 111 Å². The number of nitrogens with zero attached hydrogens (tertiary/aromatic N) is 4. The number of para-hydroxylation sites is 1. The Kier molecular flexibility index (Phi) is 3.05. The highest BCUT2D eigenvalue weighted by atomic mass is 15.3. The SMILES string of the molecule is CNCc1nccn1Cc1nn(C)c2ccccc12. The van der Waals surface area contributed by atoms with Crippen molar-refractivity contribution in [2.45, 2.75) is 13.1 Å². The van der Waals surface area contributed by atoms with Gasteiger partial charge in [0, 0.05) is 24.8 Å². The number of fused-ring (bicyclic) bond motifs is 1. The van der Waals surface area contributed by atoms with Gasteiger partial charge in [0.1, 0.15) is 5.82 Å². The summed E-state index contributed by atoms with van der Waals surface area (Å²) < 4.78 is 4.06. The predicted octanol–water partition coefficient (Wildman–Crippen LogP) is 1.54. The number of hydrogen-bond acceptors (Lipinski definition) is 3. The summed E-state index contributed by atoms with van der Waals surface area (Å²) >= 11 is 0. The van der Waals surface area contributed by atoms with E-state index in [1.807, 2.05) is 37.2 Å². The van der Waals surface area contributed by atoms with Crippen LogP contribution in [0.1, 0.15) is 11.5 Å². The van der Waals surface area contributed by atoms with Crippen molar-refractivity contribution < 1.29 is 0 Å². The van der Waals surface area contributed by atoms with Gasteiger partial charge in [-0.2, -0.15) is 5.10 Å². The van der Waals surface area contributed by atoms with E-state index in [-0.39, 0.29) is 0 Å². The summed E-state index contributed by atoms with van der Waals surface area (Å²) in [7, 11) is 3.91. The summed E-state index contributed by atoms with van der Waals surface area (Å²) in [5, 5.41) is 8.95. The fourth-order valence-corrected chi connectivity index (χ4v) is 2.38. The molecule has 19 heavy (non-hydrogen) atoms. The number of aryl methyl sites for hydroxylation is 1. The fourth-order valence-electron chi connectivity index (χ4n) is 2.38. The molecule has 2 aromatic heterocycles. The van der Waals surface area contributed by atoms with Crippen molar-refractivity contribution in [3.8, 4) is 0 Å². The lowest BCUT2D eigenvalue weighted by molar-refractivity contribution is 0.654. The van der Waals surface area contributed by atoms with Gasteiger partial charge in [-0.15, -0.1) is 0 Å². The number of aromatic nitrogens is 4. The third-order valence-corrected chi connectivity index (χ3v) is 3.29. The average molecular weight is 255 g/mol. The van der Waals surface area contributed by atoms with Gasteiger partial charge in [-0.05, 0) is 13.1 Å². The van der Waals surface area contributed by atoms with Crippen LogP contribution in [0.25, 0.3) is 10.9 Å². The van der Waals surface area contributed by atoms with Crippen LogP contribution in [0.15, 0.2) is 36.7 Å². The first-order valence-electron chi connectivity index (χ1n) is 6.35. The maximum absolute atomic E-state index is 4.61. The second-order valence-corrected chi connectivity index (χ2v) is 4.59. The molecule has 1 aromatic carbocycles. The average Bonchev–Trinajstić information content (AvgIpc) is 2.98. The second kappa shape index (κ2) is 4.85. The summed E-state index contributed by atoms with van der Waals surface area (Å²) in [5.41, 5.74) is 2.24. The fraction of sp³-hybridized carbons (Fsp3) is 0.286. The zero-order valence-electron chi connectivity index (χ0n) is 11.2. The molecular formula is C14H17N5. The van der Waals surface area contributed by atoms with E-state index in [9.17, 15) is 0 Å². The minimum atomic E-state index is 0.748. The van der Waals surface area contributed by atoms with Crippen LogP contribution in [0, 0.1) is 0 Å². The van der Waals surface area contributed by atoms with Gasteiger partial charge in [-0.3, -0.25) is 4.68 Å². The van der Waals surface area contributed by atoms with Crippen LogP contribution in [0.3, 0.4) is 0 Å². The third kappa shape index (κ3) is 2.13. The standard InChI is InChI=1S/C14H17N5/c1-15-9-14-16-7-8-19(14)10-12-11-5-3-4-6-13(11)18(2)17-12/h3-8,15H,9-10H2,1-2H3. The summed E-state index contributed by atoms with van der Waals surface area (Å²) in [6.07, 6.45) is 3.83. The highest BCUT2D eigenvalue weighted by Crippen LogP contribution is 2.18. The smallest absolute Gasteiger partial charge is 0.123 e. The number of hydrogen-bond donors (Lipinski definition) is 1. The minimum absolute atomic E-state index is 0.748. The van der Waals surface area contributed by atoms with E-state index in [0.29, 0.717) is 0 Å². The number of benzene rings is 1. The van der Waals surface area contributed by atoms with E-state index >= 15 is 0 Å². The molecule has 0 atom stereocenters. The van der Waals surface area contributed by atoms with E-state index in [1.54, 1.807) is 0 Å². The van der Waals surface area contributed by atoms with Gasteiger partial charge in [0.2, 0.25) is 0 Å². The zero-order chi connectivity index (χ0) is 13.2. The van der Waals surface area contributed by atoms with Crippen LogP contribution < -0.4 is 5.32 Å². The molecular weight excluding hydrogens is 238 g/mol. The number of nitrogens with one attached hydrogen (secondary N) is 1. The van der Waals surface area contributed by atoms with Crippen molar-refractivity contribution in [1.82, 2.24) is 24.6 Å². The maximum Gasteiger partial charge on any atom is 0.123 e. The molecule has 0 aliphatic carbocycles. The Balaban J connectivity index is 1.99. The molecule has 98 valence electrons. The molecule has 1 N–H and O–H groups in total. The Hall–Kier alpha value is -2.14. The zero-order valence-corrected chi connectivity index (χ0v) is 11.2. The monoisotopic (exact) mass is 255 g/mol. The van der Waals surface area contributed by atoms with Crippen molar-refractivity contribution in [3.63, 3.8) is 0 Å². The van der Waals surface area contributed by atoms with Crippen LogP contribution in [-0.2, 0) is 20.1 Å². The third-order valence-electron chi connectivity index (χ3n) is 3.29. The molecule has 3 rings (SSSR count). The Morgan fingerprint density at radius 3 is 2.95 bits per heavy atom. The van der Waals surface area contributed by atoms with Gasteiger partial charge in [-0.25, -0.2) is 4.98 Å². The lowest BCUT2D eigenvalue weighted by atomic mass is 10.2. The second-order valence-electron chi connectivity index (χ2n) is 4.59. The molecule has 3 aromatic rings. The highest BCUT2D eigenvalue weighted by molar-refractivity contribution is 5.81. The molecule has 0 aliphatic rings. The van der Waals surface area contributed by atoms with E-state index in [0.717, 1.165) is 30.1 Å². The Bertz CT molecular complexity index is 695. The van der Waals surface area contributed by atoms with Crippen molar-refractivity contribution in [3.05, 3.63) is 48.2 Å². The maximum atomic E-state index is 4.61. The van der Waals surface area contributed by atoms with Gasteiger partial charge in [0.25, 0.3) is 0 Å². The van der Waals surface area contributed by atoms with Crippen LogP contribution in [0.4, 0.5) is 0 Å². The molecule has 0 unspecified atom stereocenters. The minimum Gasteiger partial charge on any atom is -0.328 e. The first-order chi connectivity index (χ1) is 9.29. The quantitative estimate of drug-likeness (QED) is 0.769. The molecule has 5 nitrogen and oxygen atoms in total. The van der Waals surface area contributed by atoms with Crippen LogP contribution in [0.5, 0.6) is 0 Å². The van der Waals surface area contributed by atoms with E-state index < -0.39 is 0 Å². The highest BCUT2D eigenvalue weighted by Gasteiger charge is 2.10. The van der Waals surface area contributed by atoms with Crippen molar-refractivity contribution in [2.24, 2.45) is 7.05 Å². The van der Waals surface area contributed by atoms with Crippen LogP contribution in [0.2, 0.25) is 0 Å². The molecule has 0 spiro atoms. The largest absolute Gasteiger partial charge is 0.328 e. The molecule has 0 fully saturated rings. The van der Waals surface area contributed by atoms with E-state index in [4.69, 9.17) is 0 Å². The normalized spacial score (nSPS) is 11.3. The summed E-state index contributed by atoms with van der Waals surface area (Å²) in [6, 6.07) is 8.30. The van der Waals surface area contributed by atoms with Gasteiger partial charge >= 0.3 is 0 Å². The van der Waals surface area contributed by atoms with Gasteiger partial charge in [0.05, 0.1) is 24.3 Å². The topological polar surface area (TPSA) is 47.7 Å². The first-order valence-corrected chi connectivity index (χ1v) is 6.35. The molecule has 0 aliphatic heterocycles. The molecule has 0 bridgehead atoms. The summed E-state index contributed by atoms with van der Waals surface area (Å²) in [6.45, 7) is 1.51. The Morgan fingerprint density at radius 1 is 1.26 bits per heavy atom. The van der Waals surface area contributed by atoms with Gasteiger partial charge < -0.3 is 9.88 Å². The summed E-state index contributed by atoms with van der Waals surface area (Å²) in [5.74, 6) is 1.03. The lowest BCUT2D eigenvalue weighted by Gasteiger charge is -2.05. The number of imidazole rings is 1. The molecule has 0 amide bonds. The van der Waals surface area contributed by atoms with Crippen LogP contribution in [-0.4, -0.2) is 26.4 Å². The van der Waals surface area contributed by atoms with Crippen molar-refractivity contribution in [2.75, 3.05) is 7.05 Å². The lowest BCUT2D eigenvalue weighted by Crippen LogP contribution is -2.13. The molecule has 0 radical (unpaired) electrons. The first kappa shape index (κ1) is 11.9. The molecule has 5 heteroatoms. The van der Waals surface area contributed by atoms with E-state index in [1.165, 1.54) is 5.39 Å². The van der Waals surface area contributed by atoms with Crippen LogP contribution >= 0.6 is 0 Å². The molecule has 2 heterocycles. The van der Waals surface area contributed by atoms with Gasteiger partial charge in [0.15, 0.2) is 0 Å². The summed E-state index contributed by atoms with van der Waals surface area (Å²) in [4.78, 5) is 4.35. The van der Waals surface area contributed by atoms with Crippen molar-refractivity contribution in [1.29, 1.82) is 0 Å². The van der Waals surface area contributed by atoms with Gasteiger partial charge in [-0.1, -0.05) is 18.2 Å².